The molecule has 0 amide bonds. The Kier molecular flexibility index (Phi) is 5.40. The van der Waals surface area contributed by atoms with Gasteiger partial charge in [-0.25, -0.2) is 0 Å². The van der Waals surface area contributed by atoms with Gasteiger partial charge in [-0.05, 0) is 17.7 Å². The second-order valence-electron chi connectivity index (χ2n) is 3.65. The summed E-state index contributed by atoms with van der Waals surface area (Å²) < 4.78 is 0. The third kappa shape index (κ3) is 3.99. The van der Waals surface area contributed by atoms with E-state index < -0.39 is 0 Å². The largest absolute Gasteiger partial charge is 1.00 e. The summed E-state index contributed by atoms with van der Waals surface area (Å²) in [5, 5.41) is 4.16. The smallest absolute Gasteiger partial charge is 0.0406 e. The van der Waals surface area contributed by atoms with E-state index in [2.05, 4.69) is 22.3 Å². The van der Waals surface area contributed by atoms with Gasteiger partial charge in [0.15, 0.2) is 0 Å². The lowest BCUT2D eigenvalue weighted by molar-refractivity contribution is -0.00000283. The highest BCUT2D eigenvalue weighted by molar-refractivity contribution is 6.30. The molecule has 0 atom stereocenters. The molecular weight excluding hydrogens is 231 g/mol. The maximum atomic E-state index is 5.83. The zero-order chi connectivity index (χ0) is 9.80. The van der Waals surface area contributed by atoms with Crippen molar-refractivity contribution in [3.8, 4) is 0 Å². The summed E-state index contributed by atoms with van der Waals surface area (Å²) in [5.74, 6) is 0. The minimum atomic E-state index is 0. The minimum absolute atomic E-state index is 0. The molecule has 2 rings (SSSR count). The fraction of sp³-hybridized carbons (Fsp3) is 0.455. The van der Waals surface area contributed by atoms with Crippen molar-refractivity contribution in [3.05, 3.63) is 34.9 Å². The fourth-order valence-electron chi connectivity index (χ4n) is 1.72. The molecule has 0 aromatic heterocycles. The minimum Gasteiger partial charge on any atom is -1.00 e. The molecule has 15 heavy (non-hydrogen) atoms. The molecule has 1 saturated heterocycles. The number of piperazine rings is 1. The van der Waals surface area contributed by atoms with E-state index >= 15 is 0 Å². The number of hydrogen-bond donors (Lipinski definition) is 1. The van der Waals surface area contributed by atoms with E-state index in [4.69, 9.17) is 11.6 Å². The first-order chi connectivity index (χ1) is 6.84. The van der Waals surface area contributed by atoms with Crippen LogP contribution >= 0.6 is 11.6 Å². The van der Waals surface area contributed by atoms with Gasteiger partial charge in [0.1, 0.15) is 0 Å². The third-order valence-electron chi connectivity index (χ3n) is 2.53. The first kappa shape index (κ1) is 12.8. The molecule has 1 aromatic rings. The summed E-state index contributed by atoms with van der Waals surface area (Å²) in [4.78, 5) is 2.46. The Bertz CT molecular complexity index is 281. The highest BCUT2D eigenvalue weighted by Gasteiger charge is 2.09. The van der Waals surface area contributed by atoms with E-state index in [0.29, 0.717) is 0 Å². The summed E-state index contributed by atoms with van der Waals surface area (Å²) in [6.07, 6.45) is 0. The molecule has 0 unspecified atom stereocenters. The molecule has 0 bridgehead atoms. The van der Waals surface area contributed by atoms with Crippen LogP contribution in [-0.2, 0) is 6.54 Å². The van der Waals surface area contributed by atoms with Crippen LogP contribution in [0.1, 0.15) is 5.56 Å². The quantitative estimate of drug-likeness (QED) is 0.701. The van der Waals surface area contributed by atoms with Crippen molar-refractivity contribution in [3.63, 3.8) is 0 Å². The Hall–Kier alpha value is -0.280. The average Bonchev–Trinajstić information content (AvgIpc) is 2.23. The molecule has 84 valence electrons. The maximum absolute atomic E-state index is 5.83. The van der Waals surface area contributed by atoms with Crippen molar-refractivity contribution in [1.82, 2.24) is 10.2 Å². The van der Waals surface area contributed by atoms with Crippen LogP contribution in [0.15, 0.2) is 24.3 Å². The number of rotatable bonds is 2. The third-order valence-corrected chi connectivity index (χ3v) is 2.78. The van der Waals surface area contributed by atoms with E-state index in [1.807, 2.05) is 12.1 Å². The Balaban J connectivity index is 0.00000112. The first-order valence-corrected chi connectivity index (χ1v) is 5.40. The van der Waals surface area contributed by atoms with E-state index in [1.54, 1.807) is 0 Å². The molecule has 1 aliphatic heterocycles. The SMILES string of the molecule is Clc1ccc(CN2CCNCC2)cc1.[Cl-]. The highest BCUT2D eigenvalue weighted by atomic mass is 35.5. The number of nitrogens with one attached hydrogen (secondary N) is 1. The van der Waals surface area contributed by atoms with Gasteiger partial charge in [0, 0.05) is 37.7 Å². The van der Waals surface area contributed by atoms with Crippen molar-refractivity contribution < 1.29 is 12.4 Å². The number of benzene rings is 1. The van der Waals surface area contributed by atoms with Crippen molar-refractivity contribution >= 4 is 11.6 Å². The summed E-state index contributed by atoms with van der Waals surface area (Å²) in [6, 6.07) is 8.12. The van der Waals surface area contributed by atoms with Gasteiger partial charge in [0.25, 0.3) is 0 Å². The topological polar surface area (TPSA) is 15.3 Å². The van der Waals surface area contributed by atoms with Crippen LogP contribution in [0.3, 0.4) is 0 Å². The van der Waals surface area contributed by atoms with Gasteiger partial charge < -0.3 is 17.7 Å². The molecule has 1 N–H and O–H groups in total. The molecule has 4 heteroatoms. The van der Waals surface area contributed by atoms with Gasteiger partial charge in [-0.1, -0.05) is 23.7 Å². The molecular formula is C11H15Cl2N2-. The fourth-order valence-corrected chi connectivity index (χ4v) is 1.84. The van der Waals surface area contributed by atoms with Crippen molar-refractivity contribution in [1.29, 1.82) is 0 Å². The van der Waals surface area contributed by atoms with Crippen LogP contribution in [0.5, 0.6) is 0 Å². The molecule has 1 fully saturated rings. The molecule has 1 aromatic carbocycles. The molecule has 0 saturated carbocycles. The summed E-state index contributed by atoms with van der Waals surface area (Å²) in [5.41, 5.74) is 1.34. The molecule has 2 nitrogen and oxygen atoms in total. The van der Waals surface area contributed by atoms with E-state index in [-0.39, 0.29) is 12.4 Å². The van der Waals surface area contributed by atoms with Crippen LogP contribution < -0.4 is 17.7 Å². The average molecular weight is 246 g/mol. The van der Waals surface area contributed by atoms with Crippen LogP contribution in [0.4, 0.5) is 0 Å². The van der Waals surface area contributed by atoms with Crippen molar-refractivity contribution in [2.75, 3.05) is 26.2 Å². The predicted octanol–water partition coefficient (Wildman–Crippen LogP) is -1.25. The second-order valence-corrected chi connectivity index (χ2v) is 4.09. The van der Waals surface area contributed by atoms with E-state index in [0.717, 1.165) is 37.7 Å². The standard InChI is InChI=1S/C11H15ClN2.ClH/c12-11-3-1-10(2-4-11)9-14-7-5-13-6-8-14;/h1-4,13H,5-9H2;1H/p-1. The maximum Gasteiger partial charge on any atom is 0.0406 e. The summed E-state index contributed by atoms with van der Waals surface area (Å²) in [6.45, 7) is 5.53. The van der Waals surface area contributed by atoms with Crippen LogP contribution in [0, 0.1) is 0 Å². The number of halogens is 2. The summed E-state index contributed by atoms with van der Waals surface area (Å²) in [7, 11) is 0. The Labute approximate surface area is 102 Å². The lowest BCUT2D eigenvalue weighted by Gasteiger charge is -2.27. The van der Waals surface area contributed by atoms with Crippen molar-refractivity contribution in [2.45, 2.75) is 6.54 Å². The van der Waals surface area contributed by atoms with Gasteiger partial charge in [0.2, 0.25) is 0 Å². The molecule has 0 aliphatic carbocycles. The monoisotopic (exact) mass is 245 g/mol. The molecule has 1 heterocycles. The van der Waals surface area contributed by atoms with Gasteiger partial charge in [-0.3, -0.25) is 4.90 Å². The predicted molar refractivity (Wildman–Crippen MR) is 59.6 cm³/mol. The van der Waals surface area contributed by atoms with Crippen LogP contribution in [0.2, 0.25) is 5.02 Å². The zero-order valence-corrected chi connectivity index (χ0v) is 10.1. The Morgan fingerprint density at radius 1 is 1.13 bits per heavy atom. The molecule has 0 radical (unpaired) electrons. The number of hydrogen-bond acceptors (Lipinski definition) is 2. The van der Waals surface area contributed by atoms with E-state index in [1.165, 1.54) is 5.56 Å². The zero-order valence-electron chi connectivity index (χ0n) is 8.55. The lowest BCUT2D eigenvalue weighted by Crippen LogP contribution is -3.00. The van der Waals surface area contributed by atoms with Gasteiger partial charge in [-0.2, -0.15) is 0 Å². The molecule has 1 aliphatic rings. The van der Waals surface area contributed by atoms with E-state index in [9.17, 15) is 0 Å². The lowest BCUT2D eigenvalue weighted by atomic mass is 10.2. The summed E-state index contributed by atoms with van der Waals surface area (Å²) >= 11 is 5.83. The Morgan fingerprint density at radius 3 is 2.33 bits per heavy atom. The van der Waals surface area contributed by atoms with Crippen LogP contribution in [-0.4, -0.2) is 31.1 Å². The highest BCUT2D eigenvalue weighted by Crippen LogP contribution is 2.11. The second kappa shape index (κ2) is 6.33. The van der Waals surface area contributed by atoms with Gasteiger partial charge in [0.05, 0.1) is 0 Å². The number of nitrogens with zero attached hydrogens (tertiary/aromatic N) is 1. The van der Waals surface area contributed by atoms with Crippen molar-refractivity contribution in [2.24, 2.45) is 0 Å². The first-order valence-electron chi connectivity index (χ1n) is 5.02. The molecule has 0 spiro atoms. The van der Waals surface area contributed by atoms with Gasteiger partial charge in [-0.15, -0.1) is 0 Å². The Morgan fingerprint density at radius 2 is 1.73 bits per heavy atom. The normalized spacial score (nSPS) is 17.1. The van der Waals surface area contributed by atoms with Crippen LogP contribution in [0.25, 0.3) is 0 Å². The van der Waals surface area contributed by atoms with Gasteiger partial charge >= 0.3 is 0 Å².